The molecular formula is C14H16FN3O. The van der Waals surface area contributed by atoms with E-state index in [9.17, 15) is 9.18 Å². The standard InChI is InChI=1S/C14H16FN3O/c1-17-14(19)11-3-2-6-18(9-11)13-5-4-10(8-16)7-12(13)15/h4-5,7,11H,2-3,6,9H2,1H3,(H,17,19). The van der Waals surface area contributed by atoms with Gasteiger partial charge in [0.1, 0.15) is 5.82 Å². The molecular weight excluding hydrogens is 245 g/mol. The Balaban J connectivity index is 2.18. The minimum atomic E-state index is -0.406. The molecule has 0 saturated carbocycles. The maximum atomic E-state index is 13.9. The number of hydrogen-bond acceptors (Lipinski definition) is 3. The first-order valence-electron chi connectivity index (χ1n) is 6.32. The van der Waals surface area contributed by atoms with Crippen LogP contribution >= 0.6 is 0 Å². The van der Waals surface area contributed by atoms with E-state index in [1.54, 1.807) is 19.2 Å². The van der Waals surface area contributed by atoms with E-state index in [2.05, 4.69) is 5.32 Å². The molecule has 2 rings (SSSR count). The fourth-order valence-electron chi connectivity index (χ4n) is 2.45. The summed E-state index contributed by atoms with van der Waals surface area (Å²) in [6, 6.07) is 6.36. The molecule has 1 aromatic carbocycles. The number of anilines is 1. The molecule has 4 nitrogen and oxygen atoms in total. The Morgan fingerprint density at radius 2 is 2.37 bits per heavy atom. The zero-order valence-corrected chi connectivity index (χ0v) is 10.8. The van der Waals surface area contributed by atoms with Crippen LogP contribution in [0.5, 0.6) is 0 Å². The third-order valence-electron chi connectivity index (χ3n) is 3.46. The van der Waals surface area contributed by atoms with Crippen LogP contribution in [0.2, 0.25) is 0 Å². The molecule has 0 aliphatic carbocycles. The van der Waals surface area contributed by atoms with E-state index < -0.39 is 5.82 Å². The second-order valence-corrected chi connectivity index (χ2v) is 4.68. The molecule has 19 heavy (non-hydrogen) atoms. The predicted octanol–water partition coefficient (Wildman–Crippen LogP) is 1.66. The number of benzene rings is 1. The van der Waals surface area contributed by atoms with Crippen molar-refractivity contribution in [1.29, 1.82) is 5.26 Å². The van der Waals surface area contributed by atoms with Crippen LogP contribution in [-0.2, 0) is 4.79 Å². The van der Waals surface area contributed by atoms with E-state index in [-0.39, 0.29) is 11.8 Å². The van der Waals surface area contributed by atoms with E-state index in [1.807, 2.05) is 11.0 Å². The van der Waals surface area contributed by atoms with Crippen LogP contribution in [0.1, 0.15) is 18.4 Å². The SMILES string of the molecule is CNC(=O)C1CCCN(c2ccc(C#N)cc2F)C1. The van der Waals surface area contributed by atoms with E-state index in [0.717, 1.165) is 19.4 Å². The average Bonchev–Trinajstić information content (AvgIpc) is 2.46. The van der Waals surface area contributed by atoms with Gasteiger partial charge in [-0.15, -0.1) is 0 Å². The summed E-state index contributed by atoms with van der Waals surface area (Å²) in [5.74, 6) is -0.510. The first-order chi connectivity index (χ1) is 9.15. The van der Waals surface area contributed by atoms with Gasteiger partial charge in [-0.1, -0.05) is 0 Å². The van der Waals surface area contributed by atoms with Crippen LogP contribution in [0.3, 0.4) is 0 Å². The number of hydrogen-bond donors (Lipinski definition) is 1. The van der Waals surface area contributed by atoms with E-state index in [1.165, 1.54) is 6.07 Å². The molecule has 1 aromatic rings. The van der Waals surface area contributed by atoms with Gasteiger partial charge in [-0.3, -0.25) is 4.79 Å². The lowest BCUT2D eigenvalue weighted by atomic mass is 9.96. The average molecular weight is 261 g/mol. The van der Waals surface area contributed by atoms with Crippen molar-refractivity contribution in [2.75, 3.05) is 25.0 Å². The summed E-state index contributed by atoms with van der Waals surface area (Å²) in [6.45, 7) is 1.25. The lowest BCUT2D eigenvalue weighted by Crippen LogP contribution is -2.42. The second-order valence-electron chi connectivity index (χ2n) is 4.68. The quantitative estimate of drug-likeness (QED) is 0.881. The summed E-state index contributed by atoms with van der Waals surface area (Å²) in [6.07, 6.45) is 1.69. The molecule has 0 bridgehead atoms. The van der Waals surface area contributed by atoms with Crippen LogP contribution in [-0.4, -0.2) is 26.0 Å². The van der Waals surface area contributed by atoms with Gasteiger partial charge >= 0.3 is 0 Å². The fraction of sp³-hybridized carbons (Fsp3) is 0.429. The molecule has 1 unspecified atom stereocenters. The highest BCUT2D eigenvalue weighted by Crippen LogP contribution is 2.26. The molecule has 1 aliphatic heterocycles. The number of amides is 1. The van der Waals surface area contributed by atoms with Crippen LogP contribution in [0.25, 0.3) is 0 Å². The molecule has 100 valence electrons. The minimum absolute atomic E-state index is 0.00115. The molecule has 1 aliphatic rings. The number of carbonyl (C=O) groups is 1. The monoisotopic (exact) mass is 261 g/mol. The predicted molar refractivity (Wildman–Crippen MR) is 70.1 cm³/mol. The first kappa shape index (κ1) is 13.3. The molecule has 1 fully saturated rings. The molecule has 1 atom stereocenters. The van der Waals surface area contributed by atoms with Crippen molar-refractivity contribution in [3.63, 3.8) is 0 Å². The maximum Gasteiger partial charge on any atom is 0.224 e. The third kappa shape index (κ3) is 2.84. The Kier molecular flexibility index (Phi) is 4.00. The Morgan fingerprint density at radius 3 is 3.00 bits per heavy atom. The van der Waals surface area contributed by atoms with Gasteiger partial charge < -0.3 is 10.2 Å². The van der Waals surface area contributed by atoms with Crippen LogP contribution in [0.4, 0.5) is 10.1 Å². The van der Waals surface area contributed by atoms with Gasteiger partial charge in [0.2, 0.25) is 5.91 Å². The van der Waals surface area contributed by atoms with Crippen molar-refractivity contribution >= 4 is 11.6 Å². The Bertz CT molecular complexity index is 524. The highest BCUT2D eigenvalue weighted by Gasteiger charge is 2.26. The summed E-state index contributed by atoms with van der Waals surface area (Å²) < 4.78 is 13.9. The number of rotatable bonds is 2. The van der Waals surface area contributed by atoms with Gasteiger partial charge in [-0.25, -0.2) is 4.39 Å². The fourth-order valence-corrected chi connectivity index (χ4v) is 2.45. The highest BCUT2D eigenvalue weighted by molar-refractivity contribution is 5.79. The second kappa shape index (κ2) is 5.70. The largest absolute Gasteiger partial charge is 0.368 e. The highest BCUT2D eigenvalue weighted by atomic mass is 19.1. The van der Waals surface area contributed by atoms with Gasteiger partial charge in [-0.05, 0) is 31.0 Å². The number of nitriles is 1. The normalized spacial score (nSPS) is 18.8. The lowest BCUT2D eigenvalue weighted by Gasteiger charge is -2.33. The van der Waals surface area contributed by atoms with Crippen molar-refractivity contribution in [1.82, 2.24) is 5.32 Å². The van der Waals surface area contributed by atoms with Crippen molar-refractivity contribution in [2.24, 2.45) is 5.92 Å². The van der Waals surface area contributed by atoms with Gasteiger partial charge in [0, 0.05) is 20.1 Å². The Hall–Kier alpha value is -2.09. The molecule has 1 amide bonds. The zero-order valence-electron chi connectivity index (χ0n) is 10.8. The Labute approximate surface area is 111 Å². The van der Waals surface area contributed by atoms with Gasteiger partial charge in [-0.2, -0.15) is 5.26 Å². The van der Waals surface area contributed by atoms with Crippen molar-refractivity contribution in [3.05, 3.63) is 29.6 Å². The van der Waals surface area contributed by atoms with Crippen molar-refractivity contribution in [3.8, 4) is 6.07 Å². The summed E-state index contributed by atoms with van der Waals surface area (Å²) in [7, 11) is 1.61. The maximum absolute atomic E-state index is 13.9. The number of nitrogens with one attached hydrogen (secondary N) is 1. The molecule has 1 saturated heterocycles. The summed E-state index contributed by atoms with van der Waals surface area (Å²) in [5, 5.41) is 11.4. The zero-order chi connectivity index (χ0) is 13.8. The number of piperidine rings is 1. The third-order valence-corrected chi connectivity index (χ3v) is 3.46. The van der Waals surface area contributed by atoms with Crippen LogP contribution < -0.4 is 10.2 Å². The van der Waals surface area contributed by atoms with Gasteiger partial charge in [0.25, 0.3) is 0 Å². The molecule has 0 radical (unpaired) electrons. The number of nitrogens with zero attached hydrogens (tertiary/aromatic N) is 2. The number of carbonyl (C=O) groups excluding carboxylic acids is 1. The first-order valence-corrected chi connectivity index (χ1v) is 6.32. The summed E-state index contributed by atoms with van der Waals surface area (Å²) in [4.78, 5) is 13.5. The molecule has 1 N–H and O–H groups in total. The summed E-state index contributed by atoms with van der Waals surface area (Å²) in [5.41, 5.74) is 0.772. The molecule has 1 heterocycles. The van der Waals surface area contributed by atoms with E-state index in [4.69, 9.17) is 5.26 Å². The molecule has 0 spiro atoms. The van der Waals surface area contributed by atoms with Crippen LogP contribution in [0, 0.1) is 23.1 Å². The summed E-state index contributed by atoms with van der Waals surface area (Å²) >= 11 is 0. The van der Waals surface area contributed by atoms with Crippen molar-refractivity contribution < 1.29 is 9.18 Å². The number of halogens is 1. The van der Waals surface area contributed by atoms with Crippen LogP contribution in [0.15, 0.2) is 18.2 Å². The molecule has 5 heteroatoms. The van der Waals surface area contributed by atoms with Crippen molar-refractivity contribution in [2.45, 2.75) is 12.8 Å². The Morgan fingerprint density at radius 1 is 1.58 bits per heavy atom. The van der Waals surface area contributed by atoms with E-state index >= 15 is 0 Å². The topological polar surface area (TPSA) is 56.1 Å². The van der Waals surface area contributed by atoms with Gasteiger partial charge in [0.15, 0.2) is 0 Å². The minimum Gasteiger partial charge on any atom is -0.368 e. The molecule has 0 aromatic heterocycles. The van der Waals surface area contributed by atoms with Gasteiger partial charge in [0.05, 0.1) is 23.2 Å². The lowest BCUT2D eigenvalue weighted by molar-refractivity contribution is -0.124. The smallest absolute Gasteiger partial charge is 0.224 e. The van der Waals surface area contributed by atoms with E-state index in [0.29, 0.717) is 17.8 Å².